The van der Waals surface area contributed by atoms with Crippen LogP contribution < -0.4 is 0 Å². The first-order valence-corrected chi connectivity index (χ1v) is 5.05. The molecule has 0 heterocycles. The highest BCUT2D eigenvalue weighted by Crippen LogP contribution is 2.40. The summed E-state index contributed by atoms with van der Waals surface area (Å²) in [6.07, 6.45) is -4.99. The molecule has 0 fully saturated rings. The molecule has 0 spiro atoms. The fourth-order valence-electron chi connectivity index (χ4n) is 1.51. The van der Waals surface area contributed by atoms with Crippen LogP contribution in [0.2, 0.25) is 0 Å². The minimum atomic E-state index is -4.77. The maximum atomic E-state index is 12.5. The number of hydrogen-bond acceptors (Lipinski definition) is 3. The van der Waals surface area contributed by atoms with Crippen LogP contribution in [0.4, 0.5) is 13.2 Å². The van der Waals surface area contributed by atoms with Gasteiger partial charge in [-0.3, -0.25) is 4.79 Å². The molecule has 1 aromatic rings. The second-order valence-corrected chi connectivity index (χ2v) is 3.75. The van der Waals surface area contributed by atoms with Crippen molar-refractivity contribution in [3.8, 4) is 11.5 Å². The Bertz CT molecular complexity index is 454. The van der Waals surface area contributed by atoms with Crippen LogP contribution in [0.1, 0.15) is 24.0 Å². The molecular weight excluding hydrogens is 253 g/mol. The average molecular weight is 264 g/mol. The first-order chi connectivity index (χ1) is 8.21. The Hall–Kier alpha value is -1.92. The highest BCUT2D eigenvalue weighted by atomic mass is 19.4. The Kier molecular flexibility index (Phi) is 4.05. The van der Waals surface area contributed by atoms with E-state index in [9.17, 15) is 23.1 Å². The second-order valence-electron chi connectivity index (χ2n) is 3.75. The van der Waals surface area contributed by atoms with E-state index in [2.05, 4.69) is 0 Å². The highest BCUT2D eigenvalue weighted by molar-refractivity contribution is 5.66. The average Bonchev–Trinajstić information content (AvgIpc) is 2.20. The third-order valence-corrected chi connectivity index (χ3v) is 2.32. The first kappa shape index (κ1) is 14.1. The van der Waals surface area contributed by atoms with Gasteiger partial charge in [-0.15, -0.1) is 0 Å². The van der Waals surface area contributed by atoms with Crippen molar-refractivity contribution in [2.24, 2.45) is 0 Å². The number of benzene rings is 1. The zero-order valence-electron chi connectivity index (χ0n) is 9.16. The SMILES string of the molecule is O=C(O)CCCc1cc(O)cc(C(F)(F)F)c1O. The number of aromatic hydroxyl groups is 2. The minimum absolute atomic E-state index is 0.0599. The summed E-state index contributed by atoms with van der Waals surface area (Å²) in [6, 6.07) is 1.42. The third-order valence-electron chi connectivity index (χ3n) is 2.32. The number of hydrogen-bond donors (Lipinski definition) is 3. The van der Waals surface area contributed by atoms with Gasteiger partial charge in [0.15, 0.2) is 0 Å². The van der Waals surface area contributed by atoms with Crippen LogP contribution in [0.3, 0.4) is 0 Å². The van der Waals surface area contributed by atoms with E-state index >= 15 is 0 Å². The van der Waals surface area contributed by atoms with Gasteiger partial charge in [0.2, 0.25) is 0 Å². The number of phenolic OH excluding ortho intramolecular Hbond substituents is 2. The van der Waals surface area contributed by atoms with Gasteiger partial charge in [0.05, 0.1) is 0 Å². The van der Waals surface area contributed by atoms with Crippen molar-refractivity contribution >= 4 is 5.97 Å². The molecule has 0 bridgehead atoms. The summed E-state index contributed by atoms with van der Waals surface area (Å²) in [7, 11) is 0. The van der Waals surface area contributed by atoms with Crippen LogP contribution in [0.5, 0.6) is 11.5 Å². The summed E-state index contributed by atoms with van der Waals surface area (Å²) in [5.41, 5.74) is -1.45. The third kappa shape index (κ3) is 3.54. The zero-order valence-corrected chi connectivity index (χ0v) is 9.16. The molecule has 0 unspecified atom stereocenters. The number of aryl methyl sites for hydroxylation is 1. The standard InChI is InChI=1S/C11H11F3O4/c12-11(13,14)8-5-7(15)4-6(10(8)18)2-1-3-9(16)17/h4-5,15,18H,1-3H2,(H,16,17). The number of aliphatic carboxylic acids is 1. The lowest BCUT2D eigenvalue weighted by molar-refractivity contribution is -0.139. The Morgan fingerprint density at radius 1 is 1.22 bits per heavy atom. The van der Waals surface area contributed by atoms with Gasteiger partial charge in [-0.1, -0.05) is 0 Å². The van der Waals surface area contributed by atoms with E-state index in [4.69, 9.17) is 10.2 Å². The molecule has 0 amide bonds. The van der Waals surface area contributed by atoms with Crippen molar-refractivity contribution in [3.63, 3.8) is 0 Å². The Morgan fingerprint density at radius 2 is 1.83 bits per heavy atom. The first-order valence-electron chi connectivity index (χ1n) is 5.05. The van der Waals surface area contributed by atoms with Crippen LogP contribution >= 0.6 is 0 Å². The van der Waals surface area contributed by atoms with Gasteiger partial charge in [0.1, 0.15) is 17.1 Å². The molecule has 0 aromatic heterocycles. The lowest BCUT2D eigenvalue weighted by Crippen LogP contribution is -2.07. The molecule has 0 saturated carbocycles. The number of carbonyl (C=O) groups is 1. The molecule has 0 aliphatic carbocycles. The summed E-state index contributed by atoms with van der Waals surface area (Å²) in [4.78, 5) is 10.3. The van der Waals surface area contributed by atoms with Crippen molar-refractivity contribution in [2.45, 2.75) is 25.4 Å². The molecule has 7 heteroatoms. The van der Waals surface area contributed by atoms with E-state index < -0.39 is 29.2 Å². The molecule has 0 aliphatic heterocycles. The Labute approximate surface area is 100 Å². The number of phenols is 2. The summed E-state index contributed by atoms with van der Waals surface area (Å²) in [6.45, 7) is 0. The molecular formula is C11H11F3O4. The van der Waals surface area contributed by atoms with Crippen molar-refractivity contribution in [1.82, 2.24) is 0 Å². The topological polar surface area (TPSA) is 77.8 Å². The van der Waals surface area contributed by atoms with Crippen molar-refractivity contribution < 1.29 is 33.3 Å². The van der Waals surface area contributed by atoms with Gasteiger partial charge in [0.25, 0.3) is 0 Å². The van der Waals surface area contributed by atoms with E-state index in [1.54, 1.807) is 0 Å². The molecule has 1 aromatic carbocycles. The van der Waals surface area contributed by atoms with Gasteiger partial charge in [-0.2, -0.15) is 13.2 Å². The number of carboxylic acid groups (broad SMARTS) is 1. The molecule has 0 saturated heterocycles. The maximum Gasteiger partial charge on any atom is 0.420 e. The van der Waals surface area contributed by atoms with Crippen LogP contribution in [0.15, 0.2) is 12.1 Å². The molecule has 0 radical (unpaired) electrons. The molecule has 0 atom stereocenters. The van der Waals surface area contributed by atoms with E-state index in [-0.39, 0.29) is 24.8 Å². The Morgan fingerprint density at radius 3 is 2.33 bits per heavy atom. The smallest absolute Gasteiger partial charge is 0.420 e. The molecule has 3 N–H and O–H groups in total. The number of carboxylic acids is 1. The summed E-state index contributed by atoms with van der Waals surface area (Å²) in [5, 5.41) is 27.0. The fraction of sp³-hybridized carbons (Fsp3) is 0.364. The van der Waals surface area contributed by atoms with Gasteiger partial charge >= 0.3 is 12.1 Å². The fourth-order valence-corrected chi connectivity index (χ4v) is 1.51. The quantitative estimate of drug-likeness (QED) is 0.730. The number of rotatable bonds is 4. The van der Waals surface area contributed by atoms with Crippen molar-refractivity contribution in [3.05, 3.63) is 23.3 Å². The van der Waals surface area contributed by atoms with Gasteiger partial charge in [0, 0.05) is 6.42 Å². The summed E-state index contributed by atoms with van der Waals surface area (Å²) < 4.78 is 37.5. The normalized spacial score (nSPS) is 11.5. The largest absolute Gasteiger partial charge is 0.508 e. The lowest BCUT2D eigenvalue weighted by atomic mass is 10.0. The minimum Gasteiger partial charge on any atom is -0.508 e. The van der Waals surface area contributed by atoms with Gasteiger partial charge < -0.3 is 15.3 Å². The molecule has 4 nitrogen and oxygen atoms in total. The van der Waals surface area contributed by atoms with Crippen LogP contribution in [-0.4, -0.2) is 21.3 Å². The molecule has 18 heavy (non-hydrogen) atoms. The van der Waals surface area contributed by atoms with Gasteiger partial charge in [-0.05, 0) is 30.5 Å². The Balaban J connectivity index is 2.99. The summed E-state index contributed by atoms with van der Waals surface area (Å²) >= 11 is 0. The van der Waals surface area contributed by atoms with E-state index in [1.165, 1.54) is 0 Å². The lowest BCUT2D eigenvalue weighted by Gasteiger charge is -2.13. The predicted octanol–water partition coefficient (Wildman–Crippen LogP) is 2.52. The van der Waals surface area contributed by atoms with E-state index in [1.807, 2.05) is 0 Å². The van der Waals surface area contributed by atoms with Gasteiger partial charge in [-0.25, -0.2) is 0 Å². The number of halogens is 3. The highest BCUT2D eigenvalue weighted by Gasteiger charge is 2.35. The molecule has 0 aliphatic rings. The van der Waals surface area contributed by atoms with Crippen LogP contribution in [-0.2, 0) is 17.4 Å². The molecule has 1 rings (SSSR count). The number of alkyl halides is 3. The summed E-state index contributed by atoms with van der Waals surface area (Å²) in [5.74, 6) is -2.66. The van der Waals surface area contributed by atoms with Crippen molar-refractivity contribution in [2.75, 3.05) is 0 Å². The monoisotopic (exact) mass is 264 g/mol. The maximum absolute atomic E-state index is 12.5. The second kappa shape index (κ2) is 5.16. The zero-order chi connectivity index (χ0) is 13.9. The van der Waals surface area contributed by atoms with Crippen LogP contribution in [0, 0.1) is 0 Å². The predicted molar refractivity (Wildman–Crippen MR) is 55.3 cm³/mol. The van der Waals surface area contributed by atoms with Crippen molar-refractivity contribution in [1.29, 1.82) is 0 Å². The van der Waals surface area contributed by atoms with E-state index in [0.29, 0.717) is 6.07 Å². The molecule has 100 valence electrons. The van der Waals surface area contributed by atoms with E-state index in [0.717, 1.165) is 6.07 Å². The van der Waals surface area contributed by atoms with Crippen LogP contribution in [0.25, 0.3) is 0 Å².